The van der Waals surface area contributed by atoms with Crippen LogP contribution < -0.4 is 0 Å². The third-order valence-electron chi connectivity index (χ3n) is 0.968. The van der Waals surface area contributed by atoms with E-state index < -0.39 is 12.9 Å². The smallest absolute Gasteiger partial charge is 0.309 e. The molecule has 0 saturated carbocycles. The molecule has 0 unspecified atom stereocenters. The van der Waals surface area contributed by atoms with E-state index >= 15 is 0 Å². The zero-order chi connectivity index (χ0) is 10.1. The van der Waals surface area contributed by atoms with Gasteiger partial charge in [-0.1, -0.05) is 0 Å². The zero-order valence-corrected chi connectivity index (χ0v) is 5.11. The summed E-state index contributed by atoms with van der Waals surface area (Å²) in [5.74, 6) is -1.03. The monoisotopic (exact) mass is 143 g/mol. The number of carboxylic acid groups (broad SMARTS) is 1. The average molecular weight is 143 g/mol. The molecule has 4 nitrogen and oxygen atoms in total. The number of rotatable bonds is 2. The van der Waals surface area contributed by atoms with E-state index in [0.717, 1.165) is 10.9 Å². The lowest BCUT2D eigenvalue weighted by molar-refractivity contribution is -0.136. The number of aromatic nitrogens is 2. The molecule has 0 spiro atoms. The second kappa shape index (κ2) is 2.51. The van der Waals surface area contributed by atoms with Crippen LogP contribution >= 0.6 is 0 Å². The molecular formula is C6H8N2O2. The van der Waals surface area contributed by atoms with Crippen molar-refractivity contribution in [3.05, 3.63) is 18.2 Å². The first kappa shape index (κ1) is 3.75. The van der Waals surface area contributed by atoms with Crippen molar-refractivity contribution in [1.29, 1.82) is 0 Å². The van der Waals surface area contributed by atoms with Crippen molar-refractivity contribution in [3.63, 3.8) is 0 Å². The van der Waals surface area contributed by atoms with Crippen molar-refractivity contribution in [2.45, 2.75) is 6.42 Å². The van der Waals surface area contributed by atoms with Gasteiger partial charge in [-0.05, 0) is 0 Å². The van der Waals surface area contributed by atoms with Crippen LogP contribution in [0.3, 0.4) is 0 Å². The van der Waals surface area contributed by atoms with Crippen molar-refractivity contribution in [1.82, 2.24) is 9.55 Å². The highest BCUT2D eigenvalue weighted by Gasteiger charge is 2.01. The molecule has 54 valence electrons. The maximum atomic E-state index is 10.2. The molecule has 0 aliphatic rings. The van der Waals surface area contributed by atoms with Gasteiger partial charge in [0.1, 0.15) is 0 Å². The number of hydrogen-bond donors (Lipinski definition) is 1. The number of aliphatic carboxylic acids is 1. The van der Waals surface area contributed by atoms with Gasteiger partial charge >= 0.3 is 5.97 Å². The number of nitrogens with zero attached hydrogens (tertiary/aromatic N) is 2. The lowest BCUT2D eigenvalue weighted by Crippen LogP contribution is -1.99. The molecule has 1 heterocycles. The van der Waals surface area contributed by atoms with Gasteiger partial charge in [-0.15, -0.1) is 0 Å². The summed E-state index contributed by atoms with van der Waals surface area (Å²) in [6, 6.07) is 0. The van der Waals surface area contributed by atoms with Gasteiger partial charge in [0.2, 0.25) is 0 Å². The summed E-state index contributed by atoms with van der Waals surface area (Å²) in [5.41, 5.74) is 0.239. The van der Waals surface area contributed by atoms with E-state index in [-0.39, 0.29) is 12.1 Å². The van der Waals surface area contributed by atoms with Crippen LogP contribution in [0.1, 0.15) is 9.81 Å². The number of imidazole rings is 1. The summed E-state index contributed by atoms with van der Waals surface area (Å²) >= 11 is 0. The Morgan fingerprint density at radius 3 is 3.40 bits per heavy atom. The van der Waals surface area contributed by atoms with E-state index in [2.05, 4.69) is 4.98 Å². The minimum Gasteiger partial charge on any atom is -0.481 e. The molecular weight excluding hydrogens is 132 g/mol. The summed E-state index contributed by atoms with van der Waals surface area (Å²) in [5, 5.41) is 8.39. The molecule has 0 radical (unpaired) electrons. The Labute approximate surface area is 62.3 Å². The summed E-state index contributed by atoms with van der Waals surface area (Å²) < 4.78 is 21.8. The van der Waals surface area contributed by atoms with Crippen molar-refractivity contribution >= 4 is 5.97 Å². The lowest BCUT2D eigenvalue weighted by atomic mass is 10.3. The highest BCUT2D eigenvalue weighted by atomic mass is 16.4. The first-order chi connectivity index (χ1) is 5.89. The topological polar surface area (TPSA) is 55.1 Å². The van der Waals surface area contributed by atoms with Crippen LogP contribution in [0.4, 0.5) is 0 Å². The summed E-state index contributed by atoms with van der Waals surface area (Å²) in [4.78, 5) is 13.9. The van der Waals surface area contributed by atoms with Crippen molar-refractivity contribution in [3.8, 4) is 0 Å². The third kappa shape index (κ3) is 1.58. The highest BCUT2D eigenvalue weighted by Crippen LogP contribution is 1.94. The fourth-order valence-corrected chi connectivity index (χ4v) is 0.610. The van der Waals surface area contributed by atoms with E-state index in [0.29, 0.717) is 0 Å². The molecule has 1 aromatic rings. The fraction of sp³-hybridized carbons (Fsp3) is 0.333. The Balaban J connectivity index is 2.81. The van der Waals surface area contributed by atoms with E-state index in [1.54, 1.807) is 0 Å². The standard InChI is InChI=1S/C6H8N2O2/c1-8-3-5(7-4-8)2-6(9)10/h3-4H,2H2,1H3,(H,9,10)/i1D3. The predicted molar refractivity (Wildman–Crippen MR) is 34.5 cm³/mol. The minimum atomic E-state index is -2.29. The molecule has 10 heavy (non-hydrogen) atoms. The number of hydrogen-bond acceptors (Lipinski definition) is 2. The largest absolute Gasteiger partial charge is 0.481 e. The van der Waals surface area contributed by atoms with E-state index in [9.17, 15) is 4.79 Å². The van der Waals surface area contributed by atoms with Crippen molar-refractivity contribution in [2.24, 2.45) is 6.98 Å². The molecule has 1 rings (SSSR count). The molecule has 1 N–H and O–H groups in total. The summed E-state index contributed by atoms with van der Waals surface area (Å²) in [6.07, 6.45) is 2.05. The third-order valence-corrected chi connectivity index (χ3v) is 0.968. The van der Waals surface area contributed by atoms with Crippen LogP contribution in [-0.4, -0.2) is 20.6 Å². The highest BCUT2D eigenvalue weighted by molar-refractivity contribution is 5.69. The van der Waals surface area contributed by atoms with E-state index in [4.69, 9.17) is 9.22 Å². The second-order valence-electron chi connectivity index (χ2n) is 1.84. The molecule has 0 atom stereocenters. The second-order valence-corrected chi connectivity index (χ2v) is 1.84. The fourth-order valence-electron chi connectivity index (χ4n) is 0.610. The van der Waals surface area contributed by atoms with Gasteiger partial charge in [0, 0.05) is 17.3 Å². The molecule has 0 fully saturated rings. The van der Waals surface area contributed by atoms with Gasteiger partial charge in [0.15, 0.2) is 0 Å². The van der Waals surface area contributed by atoms with Crippen molar-refractivity contribution < 1.29 is 14.0 Å². The molecule has 0 bridgehead atoms. The number of aryl methyl sites for hydroxylation is 1. The first-order valence-electron chi connectivity index (χ1n) is 4.15. The Morgan fingerprint density at radius 1 is 2.10 bits per heavy atom. The Hall–Kier alpha value is -1.32. The number of carboxylic acids is 1. The van der Waals surface area contributed by atoms with Crippen LogP contribution in [0.2, 0.25) is 0 Å². The molecule has 0 aromatic carbocycles. The molecule has 4 heteroatoms. The van der Waals surface area contributed by atoms with E-state index in [1.807, 2.05) is 0 Å². The first-order valence-corrected chi connectivity index (χ1v) is 2.65. The SMILES string of the molecule is [2H]C([2H])([2H])n1cnc(CC(=O)O)c1. The maximum Gasteiger partial charge on any atom is 0.309 e. The Bertz CT molecular complexity index is 318. The van der Waals surface area contributed by atoms with Crippen LogP contribution in [-0.2, 0) is 18.2 Å². The lowest BCUT2D eigenvalue weighted by Gasteiger charge is -1.85. The van der Waals surface area contributed by atoms with Gasteiger partial charge in [0.05, 0.1) is 18.4 Å². The van der Waals surface area contributed by atoms with Crippen molar-refractivity contribution in [2.75, 3.05) is 0 Å². The van der Waals surface area contributed by atoms with Crippen LogP contribution in [0.15, 0.2) is 12.5 Å². The van der Waals surface area contributed by atoms with Crippen LogP contribution in [0, 0.1) is 0 Å². The van der Waals surface area contributed by atoms with Crippen LogP contribution in [0.5, 0.6) is 0 Å². The van der Waals surface area contributed by atoms with Gasteiger partial charge in [-0.2, -0.15) is 0 Å². The van der Waals surface area contributed by atoms with Gasteiger partial charge in [0.25, 0.3) is 0 Å². The minimum absolute atomic E-state index is 0.239. The average Bonchev–Trinajstić information content (AvgIpc) is 2.32. The normalized spacial score (nSPS) is 15.4. The molecule has 0 amide bonds. The summed E-state index contributed by atoms with van der Waals surface area (Å²) in [7, 11) is 0. The van der Waals surface area contributed by atoms with E-state index in [1.165, 1.54) is 6.20 Å². The van der Waals surface area contributed by atoms with Gasteiger partial charge < -0.3 is 9.67 Å². The number of carbonyl (C=O) groups is 1. The Morgan fingerprint density at radius 2 is 2.90 bits per heavy atom. The quantitative estimate of drug-likeness (QED) is 0.636. The zero-order valence-electron chi connectivity index (χ0n) is 8.11. The predicted octanol–water partition coefficient (Wildman–Crippen LogP) is 0.0472. The molecule has 0 aliphatic heterocycles. The van der Waals surface area contributed by atoms with Gasteiger partial charge in [-0.3, -0.25) is 4.79 Å². The van der Waals surface area contributed by atoms with Crippen LogP contribution in [0.25, 0.3) is 0 Å². The summed E-state index contributed by atoms with van der Waals surface area (Å²) in [6.45, 7) is -2.29. The molecule has 0 aliphatic carbocycles. The molecule has 0 saturated heterocycles. The Kier molecular flexibility index (Phi) is 0.943. The van der Waals surface area contributed by atoms with Gasteiger partial charge in [-0.25, -0.2) is 4.98 Å². The maximum absolute atomic E-state index is 10.2. The molecule has 1 aromatic heterocycles.